The van der Waals surface area contributed by atoms with Gasteiger partial charge in [0.2, 0.25) is 11.8 Å². The molecule has 0 saturated carbocycles. The zero-order valence-electron chi connectivity index (χ0n) is 11.8. The smallest absolute Gasteiger partial charge is 0.245 e. The van der Waals surface area contributed by atoms with Crippen LogP contribution >= 0.6 is 0 Å². The molecule has 0 aromatic heterocycles. The van der Waals surface area contributed by atoms with Crippen LogP contribution in [0.25, 0.3) is 0 Å². The minimum Gasteiger partial charge on any atom is -0.383 e. The Labute approximate surface area is 118 Å². The van der Waals surface area contributed by atoms with Crippen molar-refractivity contribution in [1.29, 1.82) is 0 Å². The van der Waals surface area contributed by atoms with Gasteiger partial charge in [0.15, 0.2) is 0 Å². The van der Waals surface area contributed by atoms with Gasteiger partial charge in [-0.1, -0.05) is 30.3 Å². The van der Waals surface area contributed by atoms with E-state index in [2.05, 4.69) is 5.32 Å². The standard InChI is InChI=1S/C15H20N2O3/c1-11-15(19)17(8-9-20-2)13(14(18)16-11)10-12-6-4-3-5-7-12/h3-7,11,13H,8-10H2,1-2H3,(H,16,18). The Bertz CT molecular complexity index is 475. The van der Waals surface area contributed by atoms with E-state index >= 15 is 0 Å². The lowest BCUT2D eigenvalue weighted by molar-refractivity contribution is -0.149. The molecule has 2 amide bonds. The van der Waals surface area contributed by atoms with E-state index in [0.717, 1.165) is 5.56 Å². The van der Waals surface area contributed by atoms with E-state index in [0.29, 0.717) is 19.6 Å². The Morgan fingerprint density at radius 1 is 1.25 bits per heavy atom. The van der Waals surface area contributed by atoms with Crippen LogP contribution in [-0.2, 0) is 20.7 Å². The Hall–Kier alpha value is -1.88. The van der Waals surface area contributed by atoms with Crippen LogP contribution in [0.15, 0.2) is 30.3 Å². The summed E-state index contributed by atoms with van der Waals surface area (Å²) in [5.41, 5.74) is 1.04. The first-order chi connectivity index (χ1) is 9.63. The van der Waals surface area contributed by atoms with Gasteiger partial charge in [0.1, 0.15) is 12.1 Å². The quantitative estimate of drug-likeness (QED) is 0.856. The molecule has 0 bridgehead atoms. The predicted molar refractivity (Wildman–Crippen MR) is 75.1 cm³/mol. The summed E-state index contributed by atoms with van der Waals surface area (Å²) in [5.74, 6) is -0.153. The lowest BCUT2D eigenvalue weighted by Crippen LogP contribution is -2.63. The Morgan fingerprint density at radius 3 is 2.60 bits per heavy atom. The van der Waals surface area contributed by atoms with Crippen molar-refractivity contribution in [3.05, 3.63) is 35.9 Å². The first-order valence-corrected chi connectivity index (χ1v) is 6.77. The van der Waals surface area contributed by atoms with Crippen LogP contribution in [0.3, 0.4) is 0 Å². The first kappa shape index (κ1) is 14.5. The van der Waals surface area contributed by atoms with E-state index in [-0.39, 0.29) is 11.8 Å². The SMILES string of the molecule is COCCN1C(=O)C(C)NC(=O)C1Cc1ccccc1. The molecular weight excluding hydrogens is 256 g/mol. The van der Waals surface area contributed by atoms with Gasteiger partial charge in [0.05, 0.1) is 6.61 Å². The highest BCUT2D eigenvalue weighted by Crippen LogP contribution is 2.15. The van der Waals surface area contributed by atoms with Crippen LogP contribution in [0.4, 0.5) is 0 Å². The highest BCUT2D eigenvalue weighted by Gasteiger charge is 2.38. The number of hydrogen-bond donors (Lipinski definition) is 1. The molecule has 0 spiro atoms. The van der Waals surface area contributed by atoms with Gasteiger partial charge >= 0.3 is 0 Å². The molecule has 0 radical (unpaired) electrons. The van der Waals surface area contributed by atoms with Gasteiger partial charge in [-0.3, -0.25) is 9.59 Å². The van der Waals surface area contributed by atoms with Crippen molar-refractivity contribution in [3.8, 4) is 0 Å². The first-order valence-electron chi connectivity index (χ1n) is 6.77. The number of nitrogens with one attached hydrogen (secondary N) is 1. The van der Waals surface area contributed by atoms with Crippen molar-refractivity contribution in [2.24, 2.45) is 0 Å². The molecular formula is C15H20N2O3. The molecule has 108 valence electrons. The number of nitrogens with zero attached hydrogens (tertiary/aromatic N) is 1. The maximum Gasteiger partial charge on any atom is 0.245 e. The number of carbonyl (C=O) groups excluding carboxylic acids is 2. The number of carbonyl (C=O) groups is 2. The maximum absolute atomic E-state index is 12.2. The van der Waals surface area contributed by atoms with E-state index in [1.54, 1.807) is 18.9 Å². The van der Waals surface area contributed by atoms with Crippen molar-refractivity contribution < 1.29 is 14.3 Å². The second-order valence-corrected chi connectivity index (χ2v) is 4.96. The number of amides is 2. The molecule has 1 aliphatic rings. The third-order valence-corrected chi connectivity index (χ3v) is 3.50. The summed E-state index contributed by atoms with van der Waals surface area (Å²) >= 11 is 0. The molecule has 1 heterocycles. The highest BCUT2D eigenvalue weighted by atomic mass is 16.5. The fourth-order valence-corrected chi connectivity index (χ4v) is 2.41. The third kappa shape index (κ3) is 3.17. The summed E-state index contributed by atoms with van der Waals surface area (Å²) in [7, 11) is 1.59. The summed E-state index contributed by atoms with van der Waals surface area (Å²) in [6, 6.07) is 8.79. The number of hydrogen-bond acceptors (Lipinski definition) is 3. The number of rotatable bonds is 5. The molecule has 5 heteroatoms. The zero-order valence-corrected chi connectivity index (χ0v) is 11.8. The van der Waals surface area contributed by atoms with Gasteiger partial charge < -0.3 is 15.0 Å². The van der Waals surface area contributed by atoms with Gasteiger partial charge in [0.25, 0.3) is 0 Å². The van der Waals surface area contributed by atoms with Gasteiger partial charge in [0, 0.05) is 20.1 Å². The molecule has 2 unspecified atom stereocenters. The van der Waals surface area contributed by atoms with Crippen molar-refractivity contribution >= 4 is 11.8 Å². The van der Waals surface area contributed by atoms with E-state index in [9.17, 15) is 9.59 Å². The summed E-state index contributed by atoms with van der Waals surface area (Å²) in [6.45, 7) is 2.57. The largest absolute Gasteiger partial charge is 0.383 e. The Kier molecular flexibility index (Phi) is 4.74. The molecule has 1 saturated heterocycles. The summed E-state index contributed by atoms with van der Waals surface area (Å²) in [4.78, 5) is 26.0. The van der Waals surface area contributed by atoms with Crippen molar-refractivity contribution in [2.75, 3.05) is 20.3 Å². The highest BCUT2D eigenvalue weighted by molar-refractivity contribution is 5.96. The van der Waals surface area contributed by atoms with Crippen molar-refractivity contribution in [2.45, 2.75) is 25.4 Å². The van der Waals surface area contributed by atoms with Crippen LogP contribution in [0, 0.1) is 0 Å². The molecule has 2 rings (SSSR count). The number of ether oxygens (including phenoxy) is 1. The number of benzene rings is 1. The number of methoxy groups -OCH3 is 1. The van der Waals surface area contributed by atoms with E-state index in [1.165, 1.54) is 0 Å². The summed E-state index contributed by atoms with van der Waals surface area (Å²) in [5, 5.41) is 2.73. The van der Waals surface area contributed by atoms with Crippen LogP contribution in [0.5, 0.6) is 0 Å². The molecule has 2 atom stereocenters. The second kappa shape index (κ2) is 6.52. The minimum atomic E-state index is -0.466. The molecule has 1 aromatic rings. The molecule has 1 N–H and O–H groups in total. The van der Waals surface area contributed by atoms with Crippen LogP contribution < -0.4 is 5.32 Å². The van der Waals surface area contributed by atoms with Crippen molar-refractivity contribution in [3.63, 3.8) is 0 Å². The lowest BCUT2D eigenvalue weighted by atomic mass is 10.00. The fourth-order valence-electron chi connectivity index (χ4n) is 2.41. The third-order valence-electron chi connectivity index (χ3n) is 3.50. The molecule has 20 heavy (non-hydrogen) atoms. The van der Waals surface area contributed by atoms with Gasteiger partial charge in [-0.25, -0.2) is 0 Å². The van der Waals surface area contributed by atoms with E-state index in [1.807, 2.05) is 30.3 Å². The van der Waals surface area contributed by atoms with Crippen molar-refractivity contribution in [1.82, 2.24) is 10.2 Å². The van der Waals surface area contributed by atoms with Gasteiger partial charge in [-0.05, 0) is 12.5 Å². The zero-order chi connectivity index (χ0) is 14.5. The maximum atomic E-state index is 12.2. The van der Waals surface area contributed by atoms with E-state index in [4.69, 9.17) is 4.74 Å². The number of piperazine rings is 1. The average molecular weight is 276 g/mol. The normalized spacial score (nSPS) is 22.8. The molecule has 1 aromatic carbocycles. The van der Waals surface area contributed by atoms with E-state index < -0.39 is 12.1 Å². The summed E-state index contributed by atoms with van der Waals surface area (Å²) < 4.78 is 5.04. The molecule has 5 nitrogen and oxygen atoms in total. The Balaban J connectivity index is 2.17. The van der Waals surface area contributed by atoms with Crippen LogP contribution in [0.1, 0.15) is 12.5 Å². The average Bonchev–Trinajstić information content (AvgIpc) is 2.45. The van der Waals surface area contributed by atoms with Gasteiger partial charge in [-0.15, -0.1) is 0 Å². The molecule has 1 fully saturated rings. The lowest BCUT2D eigenvalue weighted by Gasteiger charge is -2.38. The van der Waals surface area contributed by atoms with Gasteiger partial charge in [-0.2, -0.15) is 0 Å². The summed E-state index contributed by atoms with van der Waals surface area (Å²) in [6.07, 6.45) is 0.523. The topological polar surface area (TPSA) is 58.6 Å². The fraction of sp³-hybridized carbons (Fsp3) is 0.467. The van der Waals surface area contributed by atoms with Crippen LogP contribution in [0.2, 0.25) is 0 Å². The molecule has 1 aliphatic heterocycles. The predicted octanol–water partition coefficient (Wildman–Crippen LogP) is 0.591. The second-order valence-electron chi connectivity index (χ2n) is 4.96. The molecule has 0 aliphatic carbocycles. The minimum absolute atomic E-state index is 0.0532. The van der Waals surface area contributed by atoms with Crippen LogP contribution in [-0.4, -0.2) is 49.1 Å². The Morgan fingerprint density at radius 2 is 1.95 bits per heavy atom. The monoisotopic (exact) mass is 276 g/mol.